The van der Waals surface area contributed by atoms with Crippen LogP contribution >= 0.6 is 0 Å². The molecule has 2 aliphatic rings. The molecule has 2 atom stereocenters. The van der Waals surface area contributed by atoms with Gasteiger partial charge in [-0.1, -0.05) is 12.1 Å². The number of carboxylic acids is 1. The number of rotatable bonds is 5. The highest BCUT2D eigenvalue weighted by Gasteiger charge is 2.44. The van der Waals surface area contributed by atoms with Gasteiger partial charge < -0.3 is 14.6 Å². The van der Waals surface area contributed by atoms with Gasteiger partial charge in [0.15, 0.2) is 17.4 Å². The van der Waals surface area contributed by atoms with Gasteiger partial charge in [-0.2, -0.15) is 0 Å². The van der Waals surface area contributed by atoms with Crippen molar-refractivity contribution in [1.29, 1.82) is 0 Å². The van der Waals surface area contributed by atoms with Crippen LogP contribution in [-0.4, -0.2) is 16.7 Å². The first kappa shape index (κ1) is 17.8. The summed E-state index contributed by atoms with van der Waals surface area (Å²) in [6.45, 7) is 3.99. The van der Waals surface area contributed by atoms with E-state index in [1.165, 1.54) is 12.1 Å². The molecule has 1 aliphatic carbocycles. The molecule has 0 amide bonds. The fourth-order valence-electron chi connectivity index (χ4n) is 3.72. The van der Waals surface area contributed by atoms with Gasteiger partial charge in [-0.15, -0.1) is 0 Å². The number of ether oxygens (including phenoxy) is 2. The van der Waals surface area contributed by atoms with Gasteiger partial charge in [-0.05, 0) is 55.5 Å². The average Bonchev–Trinajstić information content (AvgIpc) is 3.31. The van der Waals surface area contributed by atoms with Crippen molar-refractivity contribution in [2.24, 2.45) is 5.92 Å². The summed E-state index contributed by atoms with van der Waals surface area (Å²) in [5.74, 6) is -3.14. The Morgan fingerprint density at radius 2 is 2.00 bits per heavy atom. The van der Waals surface area contributed by atoms with Crippen molar-refractivity contribution in [2.75, 3.05) is 0 Å². The van der Waals surface area contributed by atoms with Gasteiger partial charge in [0.05, 0.1) is 5.92 Å². The van der Waals surface area contributed by atoms with Gasteiger partial charge in [-0.25, -0.2) is 8.78 Å². The summed E-state index contributed by atoms with van der Waals surface area (Å²) in [5, 5.41) is 8.98. The highest BCUT2D eigenvalue weighted by atomic mass is 19.1. The van der Waals surface area contributed by atoms with Crippen molar-refractivity contribution in [1.82, 2.24) is 0 Å². The lowest BCUT2D eigenvalue weighted by molar-refractivity contribution is -0.138. The number of fused-ring (bicyclic) bond motifs is 1. The third kappa shape index (κ3) is 3.36. The number of aliphatic carboxylic acids is 1. The molecule has 27 heavy (non-hydrogen) atoms. The van der Waals surface area contributed by atoms with Gasteiger partial charge in [0, 0.05) is 12.0 Å². The smallest absolute Gasteiger partial charge is 0.307 e. The minimum atomic E-state index is -0.941. The van der Waals surface area contributed by atoms with Crippen LogP contribution in [0.5, 0.6) is 11.5 Å². The molecule has 1 heterocycles. The van der Waals surface area contributed by atoms with Crippen LogP contribution in [0.2, 0.25) is 0 Å². The van der Waals surface area contributed by atoms with E-state index in [2.05, 4.69) is 0 Å². The number of halogens is 2. The largest absolute Gasteiger partial charge is 0.487 e. The van der Waals surface area contributed by atoms with Crippen LogP contribution < -0.4 is 9.47 Å². The topological polar surface area (TPSA) is 55.8 Å². The van der Waals surface area contributed by atoms with Crippen molar-refractivity contribution in [3.05, 3.63) is 58.7 Å². The molecule has 1 aliphatic heterocycles. The molecule has 6 heteroatoms. The van der Waals surface area contributed by atoms with Crippen molar-refractivity contribution >= 4 is 5.97 Å². The second-order valence-corrected chi connectivity index (χ2v) is 7.82. The highest BCUT2D eigenvalue weighted by molar-refractivity contribution is 5.75. The van der Waals surface area contributed by atoms with Crippen LogP contribution in [0.25, 0.3) is 0 Å². The summed E-state index contributed by atoms with van der Waals surface area (Å²) >= 11 is 0. The Morgan fingerprint density at radius 3 is 2.63 bits per heavy atom. The van der Waals surface area contributed by atoms with Crippen LogP contribution in [0.1, 0.15) is 42.9 Å². The SMILES string of the molecule is CC1(C)Cc2c(COc3c(F)cc(C4CC4C(=O)O)cc3F)cccc2O1. The van der Waals surface area contributed by atoms with E-state index in [-0.39, 0.29) is 18.1 Å². The molecule has 2 aromatic rings. The predicted octanol–water partition coefficient (Wildman–Crippen LogP) is 4.45. The molecule has 4 rings (SSSR count). The van der Waals surface area contributed by atoms with Crippen LogP contribution in [-0.2, 0) is 17.8 Å². The van der Waals surface area contributed by atoms with Crippen LogP contribution in [0.15, 0.2) is 30.3 Å². The molecular weight excluding hydrogens is 354 g/mol. The summed E-state index contributed by atoms with van der Waals surface area (Å²) in [5.41, 5.74) is 1.86. The van der Waals surface area contributed by atoms with E-state index >= 15 is 0 Å². The molecule has 0 bridgehead atoms. The lowest BCUT2D eigenvalue weighted by atomic mass is 9.98. The molecule has 142 valence electrons. The first-order chi connectivity index (χ1) is 12.7. The summed E-state index contributed by atoms with van der Waals surface area (Å²) < 4.78 is 40.1. The average molecular weight is 374 g/mol. The fraction of sp³-hybridized carbons (Fsp3) is 0.381. The second-order valence-electron chi connectivity index (χ2n) is 7.82. The van der Waals surface area contributed by atoms with E-state index in [9.17, 15) is 13.6 Å². The van der Waals surface area contributed by atoms with Crippen LogP contribution in [0.3, 0.4) is 0 Å². The lowest BCUT2D eigenvalue weighted by Crippen LogP contribution is -2.24. The molecule has 0 saturated heterocycles. The zero-order valence-corrected chi connectivity index (χ0v) is 15.1. The summed E-state index contributed by atoms with van der Waals surface area (Å²) in [6.07, 6.45) is 1.10. The zero-order chi connectivity index (χ0) is 19.3. The second kappa shape index (κ2) is 6.22. The van der Waals surface area contributed by atoms with Crippen molar-refractivity contribution in [3.8, 4) is 11.5 Å². The molecular formula is C21H20F2O4. The maximum absolute atomic E-state index is 14.4. The summed E-state index contributed by atoms with van der Waals surface area (Å²) in [4.78, 5) is 11.0. The Morgan fingerprint density at radius 1 is 1.30 bits per heavy atom. The van der Waals surface area contributed by atoms with Crippen molar-refractivity contribution in [3.63, 3.8) is 0 Å². The minimum absolute atomic E-state index is 0.0248. The quantitative estimate of drug-likeness (QED) is 0.840. The van der Waals surface area contributed by atoms with Crippen LogP contribution in [0, 0.1) is 17.6 Å². The van der Waals surface area contributed by atoms with E-state index in [4.69, 9.17) is 14.6 Å². The maximum atomic E-state index is 14.4. The molecule has 2 unspecified atom stereocenters. The molecule has 0 radical (unpaired) electrons. The third-order valence-electron chi connectivity index (χ3n) is 5.15. The Balaban J connectivity index is 1.52. The van der Waals surface area contributed by atoms with E-state index < -0.39 is 29.3 Å². The Bertz CT molecular complexity index is 899. The molecule has 1 fully saturated rings. The lowest BCUT2D eigenvalue weighted by Gasteiger charge is -2.16. The van der Waals surface area contributed by atoms with Gasteiger partial charge in [0.1, 0.15) is 18.0 Å². The first-order valence-electron chi connectivity index (χ1n) is 8.89. The standard InChI is InChI=1S/C21H20F2O4/c1-21(2)9-15-11(4-3-5-18(15)27-21)10-26-19-16(22)6-12(7-17(19)23)13-8-14(13)20(24)25/h3-7,13-14H,8-10H2,1-2H3,(H,24,25). The van der Waals surface area contributed by atoms with Gasteiger partial charge in [-0.3, -0.25) is 4.79 Å². The number of benzene rings is 2. The summed E-state index contributed by atoms with van der Waals surface area (Å²) in [7, 11) is 0. The molecule has 4 nitrogen and oxygen atoms in total. The molecule has 2 aromatic carbocycles. The molecule has 0 spiro atoms. The Hall–Kier alpha value is -2.63. The number of hydrogen-bond donors (Lipinski definition) is 1. The molecule has 1 saturated carbocycles. The van der Waals surface area contributed by atoms with Gasteiger partial charge in [0.25, 0.3) is 0 Å². The van der Waals surface area contributed by atoms with Crippen LogP contribution in [0.4, 0.5) is 8.78 Å². The normalized spacial score (nSPS) is 22.1. The summed E-state index contributed by atoms with van der Waals surface area (Å²) in [6, 6.07) is 7.91. The van der Waals surface area contributed by atoms with E-state index in [0.717, 1.165) is 16.9 Å². The van der Waals surface area contributed by atoms with Gasteiger partial charge >= 0.3 is 5.97 Å². The van der Waals surface area contributed by atoms with E-state index in [1.807, 2.05) is 32.0 Å². The highest BCUT2D eigenvalue weighted by Crippen LogP contribution is 2.48. The Kier molecular flexibility index (Phi) is 4.09. The minimum Gasteiger partial charge on any atom is -0.487 e. The van der Waals surface area contributed by atoms with Crippen molar-refractivity contribution < 1.29 is 28.2 Å². The molecule has 0 aromatic heterocycles. The fourth-order valence-corrected chi connectivity index (χ4v) is 3.72. The van der Waals surface area contributed by atoms with E-state index in [1.54, 1.807) is 0 Å². The first-order valence-corrected chi connectivity index (χ1v) is 8.89. The maximum Gasteiger partial charge on any atom is 0.307 e. The number of carbonyl (C=O) groups is 1. The number of carboxylic acid groups (broad SMARTS) is 1. The Labute approximate surface area is 155 Å². The van der Waals surface area contributed by atoms with Gasteiger partial charge in [0.2, 0.25) is 0 Å². The van der Waals surface area contributed by atoms with Crippen molar-refractivity contribution in [2.45, 2.75) is 44.8 Å². The molecule has 1 N–H and O–H groups in total. The predicted molar refractivity (Wildman–Crippen MR) is 94.0 cm³/mol. The number of hydrogen-bond acceptors (Lipinski definition) is 3. The third-order valence-corrected chi connectivity index (χ3v) is 5.15. The zero-order valence-electron chi connectivity index (χ0n) is 15.1. The van der Waals surface area contributed by atoms with E-state index in [0.29, 0.717) is 18.4 Å². The monoisotopic (exact) mass is 374 g/mol.